The summed E-state index contributed by atoms with van der Waals surface area (Å²) in [6.45, 7) is 1.40. The maximum Gasteiger partial charge on any atom is 0.262 e. The van der Waals surface area contributed by atoms with Crippen LogP contribution in [0.2, 0.25) is 0 Å². The van der Waals surface area contributed by atoms with Gasteiger partial charge in [0.2, 0.25) is 0 Å². The van der Waals surface area contributed by atoms with Crippen LogP contribution in [-0.4, -0.2) is 29.2 Å². The minimum atomic E-state index is -0.253. The molecule has 7 heteroatoms. The van der Waals surface area contributed by atoms with E-state index >= 15 is 0 Å². The molecule has 2 aromatic heterocycles. The highest BCUT2D eigenvalue weighted by atomic mass is 32.1. The van der Waals surface area contributed by atoms with E-state index in [1.54, 1.807) is 35.4 Å². The second kappa shape index (κ2) is 10.1. The number of aryl methyl sites for hydroxylation is 3. The number of aromatic nitrogens is 2. The predicted molar refractivity (Wildman–Crippen MR) is 134 cm³/mol. The van der Waals surface area contributed by atoms with Crippen LogP contribution in [0.25, 0.3) is 10.2 Å². The third-order valence-electron chi connectivity index (χ3n) is 6.55. The Kier molecular flexibility index (Phi) is 6.74. The van der Waals surface area contributed by atoms with Crippen LogP contribution in [0.4, 0.5) is 4.39 Å². The smallest absolute Gasteiger partial charge is 0.262 e. The molecule has 0 aliphatic heterocycles. The van der Waals surface area contributed by atoms with Gasteiger partial charge in [0.15, 0.2) is 0 Å². The summed E-state index contributed by atoms with van der Waals surface area (Å²) < 4.78 is 20.4. The number of rotatable bonds is 8. The van der Waals surface area contributed by atoms with Gasteiger partial charge in [-0.3, -0.25) is 9.36 Å². The van der Waals surface area contributed by atoms with Crippen molar-refractivity contribution < 1.29 is 9.13 Å². The van der Waals surface area contributed by atoms with Crippen molar-refractivity contribution in [3.8, 4) is 5.75 Å². The van der Waals surface area contributed by atoms with Crippen molar-refractivity contribution in [1.82, 2.24) is 14.9 Å². The second-order valence-electron chi connectivity index (χ2n) is 8.80. The molecule has 2 heterocycles. The molecule has 1 atom stereocenters. The van der Waals surface area contributed by atoms with Crippen molar-refractivity contribution in [3.05, 3.63) is 92.6 Å². The van der Waals surface area contributed by atoms with Gasteiger partial charge in [-0.2, -0.15) is 0 Å². The number of hydrogen-bond acceptors (Lipinski definition) is 5. The maximum atomic E-state index is 13.5. The van der Waals surface area contributed by atoms with Gasteiger partial charge in [-0.25, -0.2) is 9.37 Å². The van der Waals surface area contributed by atoms with Crippen LogP contribution in [0.1, 0.15) is 28.0 Å². The summed E-state index contributed by atoms with van der Waals surface area (Å²) >= 11 is 1.65. The first kappa shape index (κ1) is 22.7. The van der Waals surface area contributed by atoms with E-state index in [1.807, 2.05) is 18.2 Å². The van der Waals surface area contributed by atoms with E-state index in [-0.39, 0.29) is 11.4 Å². The Labute approximate surface area is 202 Å². The van der Waals surface area contributed by atoms with Gasteiger partial charge in [0, 0.05) is 17.5 Å². The van der Waals surface area contributed by atoms with Crippen LogP contribution < -0.4 is 15.6 Å². The summed E-state index contributed by atoms with van der Waals surface area (Å²) in [6.07, 6.45) is 6.00. The van der Waals surface area contributed by atoms with E-state index in [4.69, 9.17) is 4.74 Å². The number of nitrogens with zero attached hydrogens (tertiary/aromatic N) is 2. The quantitative estimate of drug-likeness (QED) is 0.405. The Hall–Kier alpha value is -3.03. The second-order valence-corrected chi connectivity index (χ2v) is 9.89. The Morgan fingerprint density at radius 1 is 1.18 bits per heavy atom. The van der Waals surface area contributed by atoms with Gasteiger partial charge in [0.05, 0.1) is 18.8 Å². The van der Waals surface area contributed by atoms with E-state index in [2.05, 4.69) is 22.4 Å². The van der Waals surface area contributed by atoms with Crippen LogP contribution in [0.15, 0.2) is 59.7 Å². The highest BCUT2D eigenvalue weighted by molar-refractivity contribution is 7.18. The number of halogens is 1. The monoisotopic (exact) mass is 477 g/mol. The number of benzene rings is 2. The van der Waals surface area contributed by atoms with Crippen LogP contribution >= 0.6 is 11.3 Å². The summed E-state index contributed by atoms with van der Waals surface area (Å²) in [6, 6.07) is 15.1. The molecular formula is C27H28FN3O2S. The fourth-order valence-electron chi connectivity index (χ4n) is 4.73. The maximum absolute atomic E-state index is 13.5. The van der Waals surface area contributed by atoms with Crippen molar-refractivity contribution in [2.75, 3.05) is 13.7 Å². The molecule has 1 aliphatic rings. The molecule has 1 N–H and O–H groups in total. The van der Waals surface area contributed by atoms with Gasteiger partial charge in [0.1, 0.15) is 16.4 Å². The third kappa shape index (κ3) is 4.91. The first-order valence-electron chi connectivity index (χ1n) is 11.7. The lowest BCUT2D eigenvalue weighted by Crippen LogP contribution is -2.35. The number of hydrogen-bond donors (Lipinski definition) is 1. The van der Waals surface area contributed by atoms with E-state index in [0.29, 0.717) is 19.0 Å². The van der Waals surface area contributed by atoms with Crippen LogP contribution in [0.3, 0.4) is 0 Å². The van der Waals surface area contributed by atoms with E-state index < -0.39 is 0 Å². The van der Waals surface area contributed by atoms with Gasteiger partial charge >= 0.3 is 0 Å². The number of methoxy groups -OCH3 is 1. The Balaban J connectivity index is 1.25. The van der Waals surface area contributed by atoms with Gasteiger partial charge in [-0.1, -0.05) is 24.3 Å². The molecule has 0 saturated heterocycles. The molecule has 1 aliphatic carbocycles. The highest BCUT2D eigenvalue weighted by Gasteiger charge is 2.25. The third-order valence-corrected chi connectivity index (χ3v) is 7.71. The molecule has 34 heavy (non-hydrogen) atoms. The van der Waals surface area contributed by atoms with Crippen molar-refractivity contribution in [2.24, 2.45) is 0 Å². The molecular weight excluding hydrogens is 449 g/mol. The largest absolute Gasteiger partial charge is 0.497 e. The SMILES string of the molecule is COc1cccc(CCNC2CCc3c(sc4ncn(CCc5cccc(F)c5)c(=O)c34)C2)c1. The minimum Gasteiger partial charge on any atom is -0.497 e. The first-order chi connectivity index (χ1) is 16.6. The Morgan fingerprint density at radius 2 is 2.00 bits per heavy atom. The molecule has 1 unspecified atom stereocenters. The van der Waals surface area contributed by atoms with E-state index in [9.17, 15) is 9.18 Å². The first-order valence-corrected chi connectivity index (χ1v) is 12.5. The fourth-order valence-corrected chi connectivity index (χ4v) is 5.98. The molecule has 0 radical (unpaired) electrons. The zero-order valence-corrected chi connectivity index (χ0v) is 20.0. The number of nitrogens with one attached hydrogen (secondary N) is 1. The lowest BCUT2D eigenvalue weighted by atomic mass is 9.93. The number of thiophene rings is 1. The standard InChI is InChI=1S/C27H28FN3O2S/c1-33-22-7-3-5-18(15-22)10-12-29-21-8-9-23-24(16-21)34-26-25(23)27(32)31(17-30-26)13-11-19-4-2-6-20(28)14-19/h2-7,14-15,17,21,29H,8-13,16H2,1H3. The zero-order valence-electron chi connectivity index (χ0n) is 19.2. The van der Waals surface area contributed by atoms with Crippen LogP contribution in [0.5, 0.6) is 5.75 Å². The van der Waals surface area contributed by atoms with Crippen molar-refractivity contribution in [2.45, 2.75) is 44.7 Å². The summed E-state index contributed by atoms with van der Waals surface area (Å²) in [4.78, 5) is 19.9. The summed E-state index contributed by atoms with van der Waals surface area (Å²) in [7, 11) is 1.69. The lowest BCUT2D eigenvalue weighted by molar-refractivity contribution is 0.414. The highest BCUT2D eigenvalue weighted by Crippen LogP contribution is 2.33. The average Bonchev–Trinajstić information content (AvgIpc) is 3.22. The van der Waals surface area contributed by atoms with Crippen LogP contribution in [0, 0.1) is 5.82 Å². The zero-order chi connectivity index (χ0) is 23.5. The van der Waals surface area contributed by atoms with Crippen molar-refractivity contribution in [3.63, 3.8) is 0 Å². The average molecular weight is 478 g/mol. The van der Waals surface area contributed by atoms with E-state index in [0.717, 1.165) is 53.8 Å². The molecule has 176 valence electrons. The number of ether oxygens (including phenoxy) is 1. The van der Waals surface area contributed by atoms with Crippen molar-refractivity contribution in [1.29, 1.82) is 0 Å². The Morgan fingerprint density at radius 3 is 2.82 bits per heavy atom. The molecule has 0 saturated carbocycles. The molecule has 5 rings (SSSR count). The van der Waals surface area contributed by atoms with Crippen molar-refractivity contribution >= 4 is 21.6 Å². The van der Waals surface area contributed by atoms with Gasteiger partial charge < -0.3 is 10.1 Å². The van der Waals surface area contributed by atoms with E-state index in [1.165, 1.54) is 28.1 Å². The topological polar surface area (TPSA) is 56.1 Å². The van der Waals surface area contributed by atoms with Crippen LogP contribution in [-0.2, 0) is 32.2 Å². The molecule has 0 fully saturated rings. The molecule has 4 aromatic rings. The normalized spacial score (nSPS) is 15.4. The summed E-state index contributed by atoms with van der Waals surface area (Å²) in [5, 5.41) is 4.47. The minimum absolute atomic E-state index is 0.0170. The lowest BCUT2D eigenvalue weighted by Gasteiger charge is -2.23. The molecule has 0 bridgehead atoms. The Bertz CT molecular complexity index is 1360. The molecule has 5 nitrogen and oxygen atoms in total. The number of fused-ring (bicyclic) bond motifs is 3. The predicted octanol–water partition coefficient (Wildman–Crippen LogP) is 4.54. The van der Waals surface area contributed by atoms with Gasteiger partial charge in [-0.15, -0.1) is 11.3 Å². The molecule has 0 amide bonds. The molecule has 0 spiro atoms. The summed E-state index contributed by atoms with van der Waals surface area (Å²) in [5.74, 6) is 0.635. The fraction of sp³-hybridized carbons (Fsp3) is 0.333. The van der Waals surface area contributed by atoms with Gasteiger partial charge in [0.25, 0.3) is 5.56 Å². The van der Waals surface area contributed by atoms with Gasteiger partial charge in [-0.05, 0) is 79.6 Å². The molecule has 2 aromatic carbocycles. The summed E-state index contributed by atoms with van der Waals surface area (Å²) in [5.41, 5.74) is 3.32.